The number of carbonyl (C=O) groups excluding carboxylic acids is 3. The lowest BCUT2D eigenvalue weighted by Crippen LogP contribution is -2.55. The maximum Gasteiger partial charge on any atom is 0.328 e. The van der Waals surface area contributed by atoms with Gasteiger partial charge in [0.2, 0.25) is 17.7 Å². The SMILES string of the molecule is O=C(O)/C=C\C(=O)O.O=C1CCC(C(=O)N2CCN(CC(=O)N3CCSCC3)CC2)N1. The van der Waals surface area contributed by atoms with Gasteiger partial charge in [-0.2, -0.15) is 11.8 Å². The molecule has 0 spiro atoms. The minimum Gasteiger partial charge on any atom is -0.478 e. The summed E-state index contributed by atoms with van der Waals surface area (Å²) in [4.78, 5) is 60.8. The number of amides is 3. The first-order valence-electron chi connectivity index (χ1n) is 10.1. The summed E-state index contributed by atoms with van der Waals surface area (Å²) in [5.74, 6) is -0.266. The number of hydrogen-bond acceptors (Lipinski definition) is 7. The molecule has 11 nitrogen and oxygen atoms in total. The summed E-state index contributed by atoms with van der Waals surface area (Å²) in [6, 6.07) is -0.346. The van der Waals surface area contributed by atoms with Gasteiger partial charge in [0, 0.05) is 69.3 Å². The first kappa shape index (κ1) is 24.7. The van der Waals surface area contributed by atoms with E-state index in [0.29, 0.717) is 44.6 Å². The summed E-state index contributed by atoms with van der Waals surface area (Å²) in [5.41, 5.74) is 0. The Labute approximate surface area is 184 Å². The predicted octanol–water partition coefficient (Wildman–Crippen LogP) is -1.30. The molecule has 3 aliphatic heterocycles. The summed E-state index contributed by atoms with van der Waals surface area (Å²) in [6.07, 6.45) is 2.16. The molecular formula is C19H28N4O7S. The van der Waals surface area contributed by atoms with Crippen molar-refractivity contribution in [3.8, 4) is 0 Å². The smallest absolute Gasteiger partial charge is 0.328 e. The predicted molar refractivity (Wildman–Crippen MR) is 113 cm³/mol. The standard InChI is InChI=1S/C15H24N4O3S.C4H4O4/c20-13-2-1-12(16-13)15(22)19-5-3-17(4-6-19)11-14(21)18-7-9-23-10-8-18;5-3(6)1-2-4(7)8/h12H,1-11H2,(H,16,20);1-2H,(H,5,6)(H,7,8)/b;2-1-. The number of nitrogens with one attached hydrogen (secondary N) is 1. The third-order valence-corrected chi connectivity index (χ3v) is 6.01. The van der Waals surface area contributed by atoms with Crippen molar-refractivity contribution in [2.24, 2.45) is 0 Å². The van der Waals surface area contributed by atoms with E-state index in [1.807, 2.05) is 21.6 Å². The Bertz CT molecular complexity index is 700. The molecular weight excluding hydrogens is 428 g/mol. The van der Waals surface area contributed by atoms with E-state index in [0.717, 1.165) is 37.7 Å². The van der Waals surface area contributed by atoms with Gasteiger partial charge < -0.3 is 25.3 Å². The lowest BCUT2D eigenvalue weighted by atomic mass is 10.2. The second-order valence-electron chi connectivity index (χ2n) is 7.26. The van der Waals surface area contributed by atoms with Crippen LogP contribution in [0.2, 0.25) is 0 Å². The fourth-order valence-corrected chi connectivity index (χ4v) is 4.30. The molecule has 0 aromatic heterocycles. The third kappa shape index (κ3) is 8.58. The van der Waals surface area contributed by atoms with Crippen LogP contribution in [0.5, 0.6) is 0 Å². The topological polar surface area (TPSA) is 148 Å². The van der Waals surface area contributed by atoms with Gasteiger partial charge in [-0.15, -0.1) is 0 Å². The van der Waals surface area contributed by atoms with E-state index in [1.54, 1.807) is 0 Å². The molecule has 0 saturated carbocycles. The number of nitrogens with zero attached hydrogens (tertiary/aromatic N) is 3. The molecule has 0 aromatic carbocycles. The van der Waals surface area contributed by atoms with Crippen molar-refractivity contribution in [1.29, 1.82) is 0 Å². The highest BCUT2D eigenvalue weighted by molar-refractivity contribution is 7.99. The Hall–Kier alpha value is -2.60. The van der Waals surface area contributed by atoms with E-state index in [-0.39, 0.29) is 23.8 Å². The molecule has 3 fully saturated rings. The summed E-state index contributed by atoms with van der Waals surface area (Å²) >= 11 is 1.90. The normalized spacial score (nSPS) is 21.9. The highest BCUT2D eigenvalue weighted by atomic mass is 32.2. The van der Waals surface area contributed by atoms with E-state index in [2.05, 4.69) is 10.2 Å². The fourth-order valence-electron chi connectivity index (χ4n) is 3.39. The molecule has 1 atom stereocenters. The van der Waals surface area contributed by atoms with Crippen molar-refractivity contribution < 1.29 is 34.2 Å². The zero-order valence-electron chi connectivity index (χ0n) is 17.2. The van der Waals surface area contributed by atoms with Gasteiger partial charge >= 0.3 is 11.9 Å². The Balaban J connectivity index is 0.000000366. The largest absolute Gasteiger partial charge is 0.478 e. The third-order valence-electron chi connectivity index (χ3n) is 5.07. The van der Waals surface area contributed by atoms with Crippen LogP contribution in [0.15, 0.2) is 12.2 Å². The minimum absolute atomic E-state index is 0.0230. The molecule has 31 heavy (non-hydrogen) atoms. The van der Waals surface area contributed by atoms with E-state index >= 15 is 0 Å². The summed E-state index contributed by atoms with van der Waals surface area (Å²) in [6.45, 7) is 4.86. The van der Waals surface area contributed by atoms with Crippen LogP contribution in [0.3, 0.4) is 0 Å². The van der Waals surface area contributed by atoms with Crippen LogP contribution in [-0.2, 0) is 24.0 Å². The second-order valence-corrected chi connectivity index (χ2v) is 8.49. The molecule has 0 aliphatic carbocycles. The molecule has 3 heterocycles. The number of piperazine rings is 1. The average Bonchev–Trinajstić information content (AvgIpc) is 3.19. The summed E-state index contributed by atoms with van der Waals surface area (Å²) < 4.78 is 0. The molecule has 3 rings (SSSR count). The molecule has 12 heteroatoms. The van der Waals surface area contributed by atoms with Crippen molar-refractivity contribution in [1.82, 2.24) is 20.0 Å². The van der Waals surface area contributed by atoms with Crippen LogP contribution in [0.25, 0.3) is 0 Å². The van der Waals surface area contributed by atoms with Crippen molar-refractivity contribution in [2.75, 3.05) is 57.3 Å². The Kier molecular flexibility index (Phi) is 9.79. The molecule has 3 aliphatic rings. The van der Waals surface area contributed by atoms with E-state index in [9.17, 15) is 24.0 Å². The van der Waals surface area contributed by atoms with Crippen molar-refractivity contribution in [3.63, 3.8) is 0 Å². The van der Waals surface area contributed by atoms with Crippen LogP contribution in [0.4, 0.5) is 0 Å². The number of rotatable bonds is 5. The Morgan fingerprint density at radius 1 is 0.935 bits per heavy atom. The number of carboxylic acids is 2. The van der Waals surface area contributed by atoms with E-state index in [1.165, 1.54) is 0 Å². The zero-order valence-corrected chi connectivity index (χ0v) is 18.0. The lowest BCUT2D eigenvalue weighted by Gasteiger charge is -2.36. The van der Waals surface area contributed by atoms with E-state index in [4.69, 9.17) is 10.2 Å². The van der Waals surface area contributed by atoms with E-state index < -0.39 is 11.9 Å². The maximum absolute atomic E-state index is 12.3. The molecule has 0 radical (unpaired) electrons. The van der Waals surface area contributed by atoms with Crippen molar-refractivity contribution in [3.05, 3.63) is 12.2 Å². The van der Waals surface area contributed by atoms with Gasteiger partial charge in [0.25, 0.3) is 0 Å². The van der Waals surface area contributed by atoms with Gasteiger partial charge in [-0.25, -0.2) is 9.59 Å². The van der Waals surface area contributed by atoms with Gasteiger partial charge in [-0.05, 0) is 6.42 Å². The second kappa shape index (κ2) is 12.3. The molecule has 3 amide bonds. The zero-order chi connectivity index (χ0) is 22.8. The Morgan fingerprint density at radius 2 is 1.52 bits per heavy atom. The highest BCUT2D eigenvalue weighted by Crippen LogP contribution is 2.13. The monoisotopic (exact) mass is 456 g/mol. The maximum atomic E-state index is 12.3. The van der Waals surface area contributed by atoms with Crippen molar-refractivity contribution >= 4 is 41.4 Å². The number of thioether (sulfide) groups is 1. The van der Waals surface area contributed by atoms with Gasteiger partial charge in [0.15, 0.2) is 0 Å². The van der Waals surface area contributed by atoms with Gasteiger partial charge in [0.05, 0.1) is 6.54 Å². The molecule has 1 unspecified atom stereocenters. The summed E-state index contributed by atoms with van der Waals surface area (Å²) in [5, 5.41) is 18.4. The molecule has 3 N–H and O–H groups in total. The number of carboxylic acid groups (broad SMARTS) is 2. The van der Waals surface area contributed by atoms with Crippen LogP contribution in [0.1, 0.15) is 12.8 Å². The van der Waals surface area contributed by atoms with Crippen LogP contribution in [0, 0.1) is 0 Å². The van der Waals surface area contributed by atoms with Gasteiger partial charge in [-0.1, -0.05) is 0 Å². The first-order valence-corrected chi connectivity index (χ1v) is 11.2. The summed E-state index contributed by atoms with van der Waals surface area (Å²) in [7, 11) is 0. The highest BCUT2D eigenvalue weighted by Gasteiger charge is 2.32. The molecule has 0 bridgehead atoms. The molecule has 172 valence electrons. The number of carbonyl (C=O) groups is 5. The molecule has 0 aromatic rings. The van der Waals surface area contributed by atoms with Crippen LogP contribution in [-0.4, -0.2) is 118 Å². The lowest BCUT2D eigenvalue weighted by molar-refractivity contribution is -0.137. The average molecular weight is 457 g/mol. The van der Waals surface area contributed by atoms with Crippen LogP contribution < -0.4 is 5.32 Å². The minimum atomic E-state index is -1.26. The fraction of sp³-hybridized carbons (Fsp3) is 0.632. The number of aliphatic carboxylic acids is 2. The quantitative estimate of drug-likeness (QED) is 0.429. The van der Waals surface area contributed by atoms with Gasteiger partial charge in [0.1, 0.15) is 6.04 Å². The first-order chi connectivity index (χ1) is 14.8. The van der Waals surface area contributed by atoms with Gasteiger partial charge in [-0.3, -0.25) is 19.3 Å². The number of hydrogen-bond donors (Lipinski definition) is 3. The Morgan fingerprint density at radius 3 is 2.00 bits per heavy atom. The van der Waals surface area contributed by atoms with Crippen LogP contribution >= 0.6 is 11.8 Å². The molecule has 3 saturated heterocycles. The van der Waals surface area contributed by atoms with Crippen molar-refractivity contribution in [2.45, 2.75) is 18.9 Å².